The molecule has 2 aromatic rings. The molecule has 0 aliphatic heterocycles. The summed E-state index contributed by atoms with van der Waals surface area (Å²) in [6, 6.07) is 14.9. The standard InChI is InChI=1S/C15H15NO2/c1-12-10-14(18-2)8-9-15(12)16(17)11-13-6-4-3-5-7-13/h3-11H,1-2H3. The van der Waals surface area contributed by atoms with Crippen molar-refractivity contribution < 1.29 is 9.48 Å². The third-order valence-corrected chi connectivity index (χ3v) is 2.71. The maximum Gasteiger partial charge on any atom is 0.219 e. The minimum atomic E-state index is 0.625. The van der Waals surface area contributed by atoms with Gasteiger partial charge in [-0.2, -0.15) is 4.74 Å². The van der Waals surface area contributed by atoms with Gasteiger partial charge in [-0.3, -0.25) is 0 Å². The quantitative estimate of drug-likeness (QED) is 0.358. The predicted octanol–water partition coefficient (Wildman–Crippen LogP) is 3.26. The summed E-state index contributed by atoms with van der Waals surface area (Å²) in [5, 5.41) is 12.1. The van der Waals surface area contributed by atoms with Gasteiger partial charge in [0.2, 0.25) is 5.69 Å². The van der Waals surface area contributed by atoms with Crippen molar-refractivity contribution in [3.05, 3.63) is 64.9 Å². The Morgan fingerprint density at radius 3 is 2.44 bits per heavy atom. The molecule has 0 fully saturated rings. The molecule has 18 heavy (non-hydrogen) atoms. The molecule has 0 heterocycles. The highest BCUT2D eigenvalue weighted by Crippen LogP contribution is 2.22. The number of hydrogen-bond acceptors (Lipinski definition) is 2. The molecule has 2 aromatic carbocycles. The lowest BCUT2D eigenvalue weighted by atomic mass is 10.2. The third kappa shape index (κ3) is 2.69. The Morgan fingerprint density at radius 1 is 1.11 bits per heavy atom. The van der Waals surface area contributed by atoms with Gasteiger partial charge >= 0.3 is 0 Å². The summed E-state index contributed by atoms with van der Waals surface area (Å²) in [7, 11) is 1.61. The lowest BCUT2D eigenvalue weighted by molar-refractivity contribution is -0.355. The van der Waals surface area contributed by atoms with Crippen LogP contribution in [0.1, 0.15) is 11.1 Å². The van der Waals surface area contributed by atoms with Crippen LogP contribution in [-0.4, -0.2) is 18.1 Å². The summed E-state index contributed by atoms with van der Waals surface area (Å²) in [4.78, 5) is 0. The molecular weight excluding hydrogens is 226 g/mol. The van der Waals surface area contributed by atoms with Gasteiger partial charge in [-0.25, -0.2) is 0 Å². The minimum absolute atomic E-state index is 0.625. The molecule has 0 aliphatic carbocycles. The van der Waals surface area contributed by atoms with E-state index in [1.165, 1.54) is 0 Å². The van der Waals surface area contributed by atoms with Crippen molar-refractivity contribution in [1.82, 2.24) is 0 Å². The summed E-state index contributed by atoms with van der Waals surface area (Å²) in [6.45, 7) is 1.89. The second-order valence-corrected chi connectivity index (χ2v) is 4.02. The molecule has 0 unspecified atom stereocenters. The van der Waals surface area contributed by atoms with E-state index in [0.717, 1.165) is 21.6 Å². The number of hydrogen-bond donors (Lipinski definition) is 0. The predicted molar refractivity (Wildman–Crippen MR) is 72.6 cm³/mol. The van der Waals surface area contributed by atoms with Crippen LogP contribution in [-0.2, 0) is 0 Å². The van der Waals surface area contributed by atoms with Crippen molar-refractivity contribution in [2.45, 2.75) is 6.92 Å². The van der Waals surface area contributed by atoms with Gasteiger partial charge in [0.15, 0.2) is 6.21 Å². The first-order valence-corrected chi connectivity index (χ1v) is 5.71. The molecule has 0 aromatic heterocycles. The van der Waals surface area contributed by atoms with Crippen molar-refractivity contribution in [3.8, 4) is 5.75 Å². The fraction of sp³-hybridized carbons (Fsp3) is 0.133. The van der Waals surface area contributed by atoms with Gasteiger partial charge in [0, 0.05) is 17.2 Å². The van der Waals surface area contributed by atoms with E-state index in [1.54, 1.807) is 25.5 Å². The second kappa shape index (κ2) is 5.36. The van der Waals surface area contributed by atoms with Crippen LogP contribution in [0.4, 0.5) is 5.69 Å². The molecule has 0 aliphatic rings. The van der Waals surface area contributed by atoms with Gasteiger partial charge in [-0.1, -0.05) is 18.2 Å². The lowest BCUT2D eigenvalue weighted by Gasteiger charge is -2.07. The van der Waals surface area contributed by atoms with Crippen molar-refractivity contribution in [2.24, 2.45) is 0 Å². The summed E-state index contributed by atoms with van der Waals surface area (Å²) in [5.74, 6) is 0.754. The van der Waals surface area contributed by atoms with E-state index in [1.807, 2.05) is 43.3 Å². The zero-order valence-corrected chi connectivity index (χ0v) is 10.5. The maximum absolute atomic E-state index is 12.1. The normalized spacial score (nSPS) is 11.3. The Balaban J connectivity index is 2.34. The monoisotopic (exact) mass is 241 g/mol. The number of ether oxygens (including phenoxy) is 1. The zero-order valence-electron chi connectivity index (χ0n) is 10.5. The van der Waals surface area contributed by atoms with E-state index in [0.29, 0.717) is 5.69 Å². The highest BCUT2D eigenvalue weighted by molar-refractivity contribution is 5.76. The fourth-order valence-corrected chi connectivity index (χ4v) is 1.75. The summed E-state index contributed by atoms with van der Waals surface area (Å²) < 4.78 is 6.00. The average Bonchev–Trinajstić information content (AvgIpc) is 2.39. The van der Waals surface area contributed by atoms with E-state index in [-0.39, 0.29) is 0 Å². The number of nitrogens with zero attached hydrogens (tertiary/aromatic N) is 1. The van der Waals surface area contributed by atoms with Crippen molar-refractivity contribution in [3.63, 3.8) is 0 Å². The van der Waals surface area contributed by atoms with Crippen molar-refractivity contribution in [2.75, 3.05) is 7.11 Å². The Hall–Kier alpha value is -2.29. The summed E-state index contributed by atoms with van der Waals surface area (Å²) in [6.07, 6.45) is 1.56. The average molecular weight is 241 g/mol. The number of benzene rings is 2. The van der Waals surface area contributed by atoms with Crippen LogP contribution in [0, 0.1) is 12.1 Å². The molecule has 0 spiro atoms. The van der Waals surface area contributed by atoms with Crippen LogP contribution in [0.3, 0.4) is 0 Å². The first-order valence-electron chi connectivity index (χ1n) is 5.71. The SMILES string of the molecule is COc1ccc([N+]([O-])=Cc2ccccc2)c(C)c1. The molecular formula is C15H15NO2. The first kappa shape index (κ1) is 12.2. The molecule has 0 bridgehead atoms. The molecule has 0 atom stereocenters. The van der Waals surface area contributed by atoms with Crippen LogP contribution in [0.5, 0.6) is 5.75 Å². The van der Waals surface area contributed by atoms with E-state index in [2.05, 4.69) is 0 Å². The van der Waals surface area contributed by atoms with Crippen molar-refractivity contribution in [1.29, 1.82) is 0 Å². The van der Waals surface area contributed by atoms with Crippen LogP contribution in [0.25, 0.3) is 0 Å². The number of rotatable bonds is 3. The zero-order chi connectivity index (χ0) is 13.0. The van der Waals surface area contributed by atoms with E-state index < -0.39 is 0 Å². The highest BCUT2D eigenvalue weighted by atomic mass is 16.5. The van der Waals surface area contributed by atoms with Crippen LogP contribution < -0.4 is 4.74 Å². The van der Waals surface area contributed by atoms with Gasteiger partial charge in [0.25, 0.3) is 0 Å². The molecule has 2 rings (SSSR count). The second-order valence-electron chi connectivity index (χ2n) is 4.02. The Labute approximate surface area is 107 Å². The maximum atomic E-state index is 12.1. The number of methoxy groups -OCH3 is 1. The minimum Gasteiger partial charge on any atom is -0.618 e. The molecule has 3 nitrogen and oxygen atoms in total. The highest BCUT2D eigenvalue weighted by Gasteiger charge is 2.07. The number of aryl methyl sites for hydroxylation is 1. The Bertz CT molecular complexity index is 562. The largest absolute Gasteiger partial charge is 0.618 e. The molecule has 3 heteroatoms. The smallest absolute Gasteiger partial charge is 0.219 e. The Kier molecular flexibility index (Phi) is 3.63. The van der Waals surface area contributed by atoms with Crippen LogP contribution in [0.15, 0.2) is 48.5 Å². The lowest BCUT2D eigenvalue weighted by Crippen LogP contribution is -2.00. The van der Waals surface area contributed by atoms with Crippen molar-refractivity contribution >= 4 is 11.9 Å². The van der Waals surface area contributed by atoms with Gasteiger partial charge in [0.1, 0.15) is 5.75 Å². The molecule has 0 N–H and O–H groups in total. The van der Waals surface area contributed by atoms with Gasteiger partial charge in [0.05, 0.1) is 7.11 Å². The summed E-state index contributed by atoms with van der Waals surface area (Å²) >= 11 is 0. The van der Waals surface area contributed by atoms with Crippen LogP contribution in [0.2, 0.25) is 0 Å². The molecule has 0 radical (unpaired) electrons. The van der Waals surface area contributed by atoms with E-state index in [4.69, 9.17) is 4.74 Å². The topological polar surface area (TPSA) is 35.3 Å². The first-order chi connectivity index (χ1) is 8.70. The Morgan fingerprint density at radius 2 is 1.83 bits per heavy atom. The third-order valence-electron chi connectivity index (χ3n) is 2.71. The van der Waals surface area contributed by atoms with Crippen LogP contribution >= 0.6 is 0 Å². The van der Waals surface area contributed by atoms with E-state index >= 15 is 0 Å². The molecule has 0 saturated heterocycles. The molecule has 0 saturated carbocycles. The van der Waals surface area contributed by atoms with Gasteiger partial charge < -0.3 is 9.94 Å². The molecule has 0 amide bonds. The van der Waals surface area contributed by atoms with Gasteiger partial charge in [-0.05, 0) is 31.2 Å². The van der Waals surface area contributed by atoms with Gasteiger partial charge in [-0.15, -0.1) is 0 Å². The van der Waals surface area contributed by atoms with E-state index in [9.17, 15) is 5.21 Å². The molecule has 92 valence electrons. The fourth-order valence-electron chi connectivity index (χ4n) is 1.75. The summed E-state index contributed by atoms with van der Waals surface area (Å²) in [5.41, 5.74) is 2.39.